The van der Waals surface area contributed by atoms with Crippen LogP contribution in [-0.4, -0.2) is 43.4 Å². The Morgan fingerprint density at radius 1 is 1.38 bits per heavy atom. The number of likely N-dealkylation sites (N-methyl/N-ethyl adjacent to an activating group) is 1. The number of benzene rings is 1. The molecule has 0 aliphatic carbocycles. The van der Waals surface area contributed by atoms with Crippen LogP contribution in [0.1, 0.15) is 12.0 Å². The summed E-state index contributed by atoms with van der Waals surface area (Å²) in [6, 6.07) is 10.0. The van der Waals surface area contributed by atoms with Gasteiger partial charge in [-0.05, 0) is 19.0 Å². The van der Waals surface area contributed by atoms with E-state index in [1.54, 1.807) is 7.11 Å². The monoisotopic (exact) mass is 221 g/mol. The third-order valence-corrected chi connectivity index (χ3v) is 3.51. The average molecular weight is 221 g/mol. The van der Waals surface area contributed by atoms with E-state index in [9.17, 15) is 5.11 Å². The molecular weight excluding hydrogens is 202 g/mol. The van der Waals surface area contributed by atoms with E-state index in [1.807, 2.05) is 37.4 Å². The van der Waals surface area contributed by atoms with Crippen LogP contribution in [0.25, 0.3) is 0 Å². The summed E-state index contributed by atoms with van der Waals surface area (Å²) >= 11 is 0. The Bertz CT molecular complexity index is 341. The lowest BCUT2D eigenvalue weighted by Gasteiger charge is -2.43. The molecule has 3 heteroatoms. The summed E-state index contributed by atoms with van der Waals surface area (Å²) in [5, 5.41) is 10.3. The lowest BCUT2D eigenvalue weighted by Crippen LogP contribution is -2.53. The van der Waals surface area contributed by atoms with Crippen molar-refractivity contribution >= 4 is 0 Å². The van der Waals surface area contributed by atoms with Crippen molar-refractivity contribution in [1.82, 2.24) is 4.90 Å². The summed E-state index contributed by atoms with van der Waals surface area (Å²) in [7, 11) is 3.70. The Kier molecular flexibility index (Phi) is 3.28. The average Bonchev–Trinajstić information content (AvgIpc) is 2.31. The minimum absolute atomic E-state index is 0.473. The van der Waals surface area contributed by atoms with Crippen molar-refractivity contribution in [2.24, 2.45) is 0 Å². The van der Waals surface area contributed by atoms with Crippen LogP contribution in [-0.2, 0) is 10.3 Å². The number of β-amino-alcohol motifs (C(OH)–C–C–N with tert-alkyl or cyclic N) is 1. The highest BCUT2D eigenvalue weighted by Gasteiger charge is 2.43. The highest BCUT2D eigenvalue weighted by Crippen LogP contribution is 2.35. The SMILES string of the molecule is COC1(c2ccccc2)CCN(C)CC1O. The van der Waals surface area contributed by atoms with Crippen LogP contribution in [0.3, 0.4) is 0 Å². The Morgan fingerprint density at radius 2 is 2.06 bits per heavy atom. The van der Waals surface area contributed by atoms with Crippen molar-refractivity contribution in [3.8, 4) is 0 Å². The van der Waals surface area contributed by atoms with E-state index in [0.717, 1.165) is 18.5 Å². The molecule has 16 heavy (non-hydrogen) atoms. The molecule has 0 aromatic heterocycles. The molecule has 1 heterocycles. The number of piperidine rings is 1. The van der Waals surface area contributed by atoms with Crippen LogP contribution >= 0.6 is 0 Å². The van der Waals surface area contributed by atoms with Gasteiger partial charge in [0.05, 0.1) is 6.10 Å². The van der Waals surface area contributed by atoms with Gasteiger partial charge in [-0.2, -0.15) is 0 Å². The zero-order valence-electron chi connectivity index (χ0n) is 9.89. The molecule has 2 rings (SSSR count). The molecule has 0 radical (unpaired) electrons. The van der Waals surface area contributed by atoms with Crippen LogP contribution in [0.4, 0.5) is 0 Å². The highest BCUT2D eigenvalue weighted by atomic mass is 16.5. The largest absolute Gasteiger partial charge is 0.388 e. The standard InChI is InChI=1S/C13H19NO2/c1-14-9-8-13(16-2,12(15)10-14)11-6-4-3-5-7-11/h3-7,12,15H,8-10H2,1-2H3. The summed E-state index contributed by atoms with van der Waals surface area (Å²) in [6.07, 6.45) is 0.351. The number of nitrogens with zero attached hydrogens (tertiary/aromatic N) is 1. The number of likely N-dealkylation sites (tertiary alicyclic amines) is 1. The Morgan fingerprint density at radius 3 is 2.62 bits per heavy atom. The zero-order chi connectivity index (χ0) is 11.6. The number of hydrogen-bond donors (Lipinski definition) is 1. The van der Waals surface area contributed by atoms with E-state index in [-0.39, 0.29) is 0 Å². The number of ether oxygens (including phenoxy) is 1. The van der Waals surface area contributed by atoms with Gasteiger partial charge in [0.15, 0.2) is 0 Å². The van der Waals surface area contributed by atoms with E-state index in [2.05, 4.69) is 4.90 Å². The molecule has 1 fully saturated rings. The predicted molar refractivity (Wildman–Crippen MR) is 63.2 cm³/mol. The number of aliphatic hydroxyl groups is 1. The first-order valence-electron chi connectivity index (χ1n) is 5.66. The first-order chi connectivity index (χ1) is 7.69. The smallest absolute Gasteiger partial charge is 0.121 e. The molecule has 0 bridgehead atoms. The Balaban J connectivity index is 2.32. The second kappa shape index (κ2) is 4.53. The molecule has 3 nitrogen and oxygen atoms in total. The van der Waals surface area contributed by atoms with Gasteiger partial charge in [-0.15, -0.1) is 0 Å². The minimum atomic E-state index is -0.534. The summed E-state index contributed by atoms with van der Waals surface area (Å²) in [5.41, 5.74) is 0.534. The maximum atomic E-state index is 10.3. The first kappa shape index (κ1) is 11.6. The molecule has 0 saturated carbocycles. The molecule has 88 valence electrons. The van der Waals surface area contributed by atoms with E-state index < -0.39 is 11.7 Å². The van der Waals surface area contributed by atoms with Gasteiger partial charge in [-0.1, -0.05) is 30.3 Å². The lowest BCUT2D eigenvalue weighted by molar-refractivity contribution is -0.143. The fourth-order valence-electron chi connectivity index (χ4n) is 2.47. The van der Waals surface area contributed by atoms with E-state index >= 15 is 0 Å². The quantitative estimate of drug-likeness (QED) is 0.815. The van der Waals surface area contributed by atoms with Gasteiger partial charge in [-0.3, -0.25) is 0 Å². The van der Waals surface area contributed by atoms with Gasteiger partial charge in [0.25, 0.3) is 0 Å². The zero-order valence-corrected chi connectivity index (χ0v) is 9.89. The third kappa shape index (κ3) is 1.86. The van der Waals surface area contributed by atoms with Gasteiger partial charge in [0.1, 0.15) is 5.60 Å². The number of hydrogen-bond acceptors (Lipinski definition) is 3. The van der Waals surface area contributed by atoms with Crippen LogP contribution in [0.5, 0.6) is 0 Å². The van der Waals surface area contributed by atoms with Crippen LogP contribution in [0.15, 0.2) is 30.3 Å². The van der Waals surface area contributed by atoms with Crippen LogP contribution < -0.4 is 0 Å². The summed E-state index contributed by atoms with van der Waals surface area (Å²) in [6.45, 7) is 1.60. The Hall–Kier alpha value is -0.900. The van der Waals surface area contributed by atoms with Gasteiger partial charge >= 0.3 is 0 Å². The van der Waals surface area contributed by atoms with Crippen LogP contribution in [0, 0.1) is 0 Å². The van der Waals surface area contributed by atoms with Gasteiger partial charge < -0.3 is 14.7 Å². The maximum Gasteiger partial charge on any atom is 0.121 e. The Labute approximate surface area is 96.6 Å². The van der Waals surface area contributed by atoms with E-state index in [1.165, 1.54) is 0 Å². The van der Waals surface area contributed by atoms with Crippen LogP contribution in [0.2, 0.25) is 0 Å². The van der Waals surface area contributed by atoms with E-state index in [4.69, 9.17) is 4.74 Å². The molecule has 1 N–H and O–H groups in total. The fourth-order valence-corrected chi connectivity index (χ4v) is 2.47. The second-order valence-electron chi connectivity index (χ2n) is 4.49. The third-order valence-electron chi connectivity index (χ3n) is 3.51. The summed E-state index contributed by atoms with van der Waals surface area (Å²) in [5.74, 6) is 0. The summed E-state index contributed by atoms with van der Waals surface area (Å²) < 4.78 is 5.65. The van der Waals surface area contributed by atoms with Gasteiger partial charge in [-0.25, -0.2) is 0 Å². The second-order valence-corrected chi connectivity index (χ2v) is 4.49. The van der Waals surface area contributed by atoms with E-state index in [0.29, 0.717) is 6.54 Å². The number of methoxy groups -OCH3 is 1. The van der Waals surface area contributed by atoms with Crippen molar-refractivity contribution in [2.75, 3.05) is 27.2 Å². The number of rotatable bonds is 2. The number of aliphatic hydroxyl groups excluding tert-OH is 1. The molecule has 0 amide bonds. The van der Waals surface area contributed by atoms with Crippen molar-refractivity contribution in [2.45, 2.75) is 18.1 Å². The first-order valence-corrected chi connectivity index (χ1v) is 5.66. The minimum Gasteiger partial charge on any atom is -0.388 e. The molecule has 1 aliphatic rings. The fraction of sp³-hybridized carbons (Fsp3) is 0.538. The topological polar surface area (TPSA) is 32.7 Å². The molecule has 0 spiro atoms. The van der Waals surface area contributed by atoms with Crippen molar-refractivity contribution < 1.29 is 9.84 Å². The summed E-state index contributed by atoms with van der Waals surface area (Å²) in [4.78, 5) is 2.13. The maximum absolute atomic E-state index is 10.3. The normalized spacial score (nSPS) is 31.6. The van der Waals surface area contributed by atoms with Crippen molar-refractivity contribution in [3.63, 3.8) is 0 Å². The predicted octanol–water partition coefficient (Wildman–Crippen LogP) is 1.22. The van der Waals surface area contributed by atoms with Gasteiger partial charge in [0, 0.05) is 20.2 Å². The highest BCUT2D eigenvalue weighted by molar-refractivity contribution is 5.25. The molecule has 1 saturated heterocycles. The van der Waals surface area contributed by atoms with Gasteiger partial charge in [0.2, 0.25) is 0 Å². The molecule has 2 atom stereocenters. The molecule has 1 aliphatic heterocycles. The lowest BCUT2D eigenvalue weighted by atomic mass is 9.82. The molecular formula is C13H19NO2. The van der Waals surface area contributed by atoms with Crippen molar-refractivity contribution in [3.05, 3.63) is 35.9 Å². The molecule has 2 unspecified atom stereocenters. The van der Waals surface area contributed by atoms with Crippen molar-refractivity contribution in [1.29, 1.82) is 0 Å². The molecule has 1 aromatic carbocycles. The molecule has 1 aromatic rings.